The molecular formula is C20H19N3O4S2. The van der Waals surface area contributed by atoms with Crippen LogP contribution >= 0.6 is 11.3 Å². The number of hydrogen-bond acceptors (Lipinski definition) is 6. The highest BCUT2D eigenvalue weighted by molar-refractivity contribution is 7.90. The smallest absolute Gasteiger partial charge is 0.269 e. The lowest BCUT2D eigenvalue weighted by Gasteiger charge is -2.18. The maximum Gasteiger partial charge on any atom is 0.269 e. The van der Waals surface area contributed by atoms with Gasteiger partial charge in [-0.1, -0.05) is 19.1 Å². The molecular weight excluding hydrogens is 410 g/mol. The Kier molecular flexibility index (Phi) is 4.15. The molecule has 2 aromatic heterocycles. The van der Waals surface area contributed by atoms with E-state index in [4.69, 9.17) is 0 Å². The van der Waals surface area contributed by atoms with Gasteiger partial charge in [0.05, 0.1) is 23.8 Å². The van der Waals surface area contributed by atoms with E-state index in [0.717, 1.165) is 34.0 Å². The lowest BCUT2D eigenvalue weighted by Crippen LogP contribution is -2.35. The third-order valence-electron chi connectivity index (χ3n) is 5.74. The lowest BCUT2D eigenvalue weighted by molar-refractivity contribution is 0.0868. The molecule has 0 radical (unpaired) electrons. The van der Waals surface area contributed by atoms with Gasteiger partial charge in [-0.05, 0) is 42.9 Å². The number of thiophene rings is 1. The summed E-state index contributed by atoms with van der Waals surface area (Å²) in [5, 5.41) is 0.651. The quantitative estimate of drug-likeness (QED) is 0.638. The first-order chi connectivity index (χ1) is 13.9. The molecule has 9 heteroatoms. The van der Waals surface area contributed by atoms with Crippen LogP contribution in [0.25, 0.3) is 10.2 Å². The van der Waals surface area contributed by atoms with Crippen LogP contribution in [0.1, 0.15) is 34.1 Å². The van der Waals surface area contributed by atoms with Crippen molar-refractivity contribution in [1.29, 1.82) is 0 Å². The molecule has 3 heterocycles. The Morgan fingerprint density at radius 1 is 1.21 bits per heavy atom. The molecule has 0 fully saturated rings. The molecule has 1 atom stereocenters. The van der Waals surface area contributed by atoms with Crippen molar-refractivity contribution in [2.24, 2.45) is 5.92 Å². The molecule has 7 nitrogen and oxygen atoms in total. The number of hydrogen-bond donors (Lipinski definition) is 0. The van der Waals surface area contributed by atoms with Gasteiger partial charge >= 0.3 is 0 Å². The van der Waals surface area contributed by atoms with Crippen LogP contribution in [0.3, 0.4) is 0 Å². The maximum absolute atomic E-state index is 13.1. The monoisotopic (exact) mass is 429 g/mol. The first kappa shape index (κ1) is 18.5. The van der Waals surface area contributed by atoms with Crippen LogP contribution < -0.4 is 5.56 Å². The zero-order valence-electron chi connectivity index (χ0n) is 15.8. The number of rotatable bonds is 3. The van der Waals surface area contributed by atoms with Gasteiger partial charge in [0.25, 0.3) is 21.5 Å². The molecule has 0 saturated heterocycles. The summed E-state index contributed by atoms with van der Waals surface area (Å²) in [5.41, 5.74) is 1.10. The van der Waals surface area contributed by atoms with Gasteiger partial charge in [0.15, 0.2) is 0 Å². The molecule has 5 rings (SSSR count). The number of aromatic nitrogens is 2. The van der Waals surface area contributed by atoms with Crippen LogP contribution in [0.5, 0.6) is 0 Å². The standard InChI is InChI=1S/C20H19N3O4S2/c1-12-6-7-13-15(10-12)28-18-17(13)20(25)22(11-21-18)8-9-23-19(24)14-4-2-3-5-16(14)29(23,26)27/h2-5,11-12H,6-10H2,1H3. The second-order valence-corrected chi connectivity index (χ2v) is 10.6. The van der Waals surface area contributed by atoms with E-state index >= 15 is 0 Å². The van der Waals surface area contributed by atoms with Crippen LogP contribution in [-0.2, 0) is 29.4 Å². The van der Waals surface area contributed by atoms with Gasteiger partial charge in [-0.25, -0.2) is 17.7 Å². The summed E-state index contributed by atoms with van der Waals surface area (Å²) in [6.45, 7) is 2.18. The molecule has 1 aliphatic heterocycles. The normalized spacial score (nSPS) is 20.1. The zero-order valence-corrected chi connectivity index (χ0v) is 17.4. The van der Waals surface area contributed by atoms with Crippen LogP contribution in [-0.4, -0.2) is 34.7 Å². The van der Waals surface area contributed by atoms with Crippen molar-refractivity contribution in [2.75, 3.05) is 6.54 Å². The fourth-order valence-corrected chi connectivity index (χ4v) is 7.08. The number of nitrogens with zero attached hydrogens (tertiary/aromatic N) is 3. The summed E-state index contributed by atoms with van der Waals surface area (Å²) < 4.78 is 27.7. The number of sulfonamides is 1. The van der Waals surface area contributed by atoms with Crippen LogP contribution in [0.2, 0.25) is 0 Å². The van der Waals surface area contributed by atoms with Gasteiger partial charge in [-0.3, -0.25) is 14.2 Å². The molecule has 0 N–H and O–H groups in total. The fraction of sp³-hybridized carbons (Fsp3) is 0.350. The van der Waals surface area contributed by atoms with Crippen molar-refractivity contribution < 1.29 is 13.2 Å². The lowest BCUT2D eigenvalue weighted by atomic mass is 9.89. The molecule has 29 heavy (non-hydrogen) atoms. The Labute approximate surface area is 171 Å². The van der Waals surface area contributed by atoms with Crippen molar-refractivity contribution in [2.45, 2.75) is 37.6 Å². The maximum atomic E-state index is 13.1. The predicted molar refractivity (Wildman–Crippen MR) is 110 cm³/mol. The van der Waals surface area contributed by atoms with Crippen molar-refractivity contribution in [3.8, 4) is 0 Å². The van der Waals surface area contributed by atoms with E-state index < -0.39 is 15.9 Å². The van der Waals surface area contributed by atoms with Gasteiger partial charge in [-0.15, -0.1) is 11.3 Å². The number of carbonyl (C=O) groups is 1. The summed E-state index contributed by atoms with van der Waals surface area (Å²) in [6.07, 6.45) is 4.34. The minimum Gasteiger partial charge on any atom is -0.297 e. The van der Waals surface area contributed by atoms with E-state index in [0.29, 0.717) is 11.3 Å². The van der Waals surface area contributed by atoms with Crippen molar-refractivity contribution in [1.82, 2.24) is 13.9 Å². The van der Waals surface area contributed by atoms with Crippen molar-refractivity contribution in [3.63, 3.8) is 0 Å². The van der Waals surface area contributed by atoms with E-state index in [1.165, 1.54) is 27.9 Å². The summed E-state index contributed by atoms with van der Waals surface area (Å²) in [6, 6.07) is 6.17. The largest absolute Gasteiger partial charge is 0.297 e. The molecule has 3 aromatic rings. The molecule has 0 bridgehead atoms. The molecule has 1 aromatic carbocycles. The number of fused-ring (bicyclic) bond motifs is 4. The minimum absolute atomic E-state index is 0.0203. The highest BCUT2D eigenvalue weighted by atomic mass is 32.2. The molecule has 150 valence electrons. The number of benzene rings is 1. The average molecular weight is 430 g/mol. The molecule has 1 aliphatic carbocycles. The Morgan fingerprint density at radius 2 is 2.00 bits per heavy atom. The van der Waals surface area contributed by atoms with E-state index in [9.17, 15) is 18.0 Å². The molecule has 2 aliphatic rings. The first-order valence-corrected chi connectivity index (χ1v) is 11.8. The summed E-state index contributed by atoms with van der Waals surface area (Å²) >= 11 is 1.58. The SMILES string of the molecule is CC1CCc2c(sc3ncn(CCN4C(=O)c5ccccc5S4(=O)=O)c(=O)c23)C1. The van der Waals surface area contributed by atoms with Gasteiger partial charge in [0, 0.05) is 11.4 Å². The highest BCUT2D eigenvalue weighted by Gasteiger charge is 2.40. The molecule has 0 saturated carbocycles. The number of carbonyl (C=O) groups excluding carboxylic acids is 1. The second-order valence-electron chi connectivity index (χ2n) is 7.65. The topological polar surface area (TPSA) is 89.3 Å². The zero-order chi connectivity index (χ0) is 20.3. The Bertz CT molecular complexity index is 1320. The molecule has 1 amide bonds. The fourth-order valence-electron chi connectivity index (χ4n) is 4.18. The summed E-state index contributed by atoms with van der Waals surface area (Å²) in [4.78, 5) is 32.1. The van der Waals surface area contributed by atoms with E-state index in [1.54, 1.807) is 23.5 Å². The van der Waals surface area contributed by atoms with E-state index in [1.807, 2.05) is 0 Å². The van der Waals surface area contributed by atoms with E-state index in [2.05, 4.69) is 11.9 Å². The Morgan fingerprint density at radius 3 is 2.79 bits per heavy atom. The van der Waals surface area contributed by atoms with Crippen molar-refractivity contribution >= 4 is 37.5 Å². The number of aryl methyl sites for hydroxylation is 1. The van der Waals surface area contributed by atoms with Gasteiger partial charge < -0.3 is 0 Å². The highest BCUT2D eigenvalue weighted by Crippen LogP contribution is 2.35. The Balaban J connectivity index is 1.47. The van der Waals surface area contributed by atoms with Gasteiger partial charge in [0.1, 0.15) is 9.73 Å². The average Bonchev–Trinajstić information content (AvgIpc) is 3.15. The van der Waals surface area contributed by atoms with Crippen LogP contribution in [0.15, 0.2) is 40.3 Å². The predicted octanol–water partition coefficient (Wildman–Crippen LogP) is 2.43. The summed E-state index contributed by atoms with van der Waals surface area (Å²) in [7, 11) is -3.88. The first-order valence-electron chi connectivity index (χ1n) is 9.53. The van der Waals surface area contributed by atoms with Crippen LogP contribution in [0.4, 0.5) is 0 Å². The third-order valence-corrected chi connectivity index (χ3v) is 8.74. The minimum atomic E-state index is -3.88. The van der Waals surface area contributed by atoms with Crippen LogP contribution in [0, 0.1) is 5.92 Å². The van der Waals surface area contributed by atoms with Crippen molar-refractivity contribution in [3.05, 3.63) is 57.0 Å². The molecule has 0 spiro atoms. The second kappa shape index (κ2) is 6.50. The number of amides is 1. The Hall–Kier alpha value is -2.52. The third kappa shape index (κ3) is 2.75. The molecule has 1 unspecified atom stereocenters. The van der Waals surface area contributed by atoms with Gasteiger partial charge in [-0.2, -0.15) is 0 Å². The summed E-state index contributed by atoms with van der Waals surface area (Å²) in [5.74, 6) is 0.0513. The van der Waals surface area contributed by atoms with Gasteiger partial charge in [0.2, 0.25) is 0 Å². The van der Waals surface area contributed by atoms with E-state index in [-0.39, 0.29) is 29.1 Å².